The van der Waals surface area contributed by atoms with Crippen LogP contribution in [0.3, 0.4) is 0 Å². The van der Waals surface area contributed by atoms with Crippen LogP contribution in [0.1, 0.15) is 75.8 Å². The third-order valence-electron chi connectivity index (χ3n) is 10.4. The van der Waals surface area contributed by atoms with Crippen LogP contribution in [0.25, 0.3) is 0 Å². The molecular weight excluding hydrogens is 557 g/mol. The highest BCUT2D eigenvalue weighted by Crippen LogP contribution is 2.60. The fraction of sp³-hybridized carbons (Fsp3) is 0.656. The number of ether oxygens (including phenoxy) is 1. The smallest absolute Gasteiger partial charge is 0.405 e. The number of anilines is 2. The monoisotopic (exact) mass is 598 g/mol. The van der Waals surface area contributed by atoms with Gasteiger partial charge in [-0.3, -0.25) is 0 Å². The first-order valence-electron chi connectivity index (χ1n) is 15.5. The Kier molecular flexibility index (Phi) is 8.20. The number of benzene rings is 1. The number of hydrogen-bond acceptors (Lipinski definition) is 8. The van der Waals surface area contributed by atoms with Gasteiger partial charge >= 0.3 is 6.36 Å². The molecule has 5 atom stereocenters. The van der Waals surface area contributed by atoms with Gasteiger partial charge < -0.3 is 25.8 Å². The van der Waals surface area contributed by atoms with E-state index in [2.05, 4.69) is 36.7 Å². The van der Waals surface area contributed by atoms with Crippen molar-refractivity contribution in [2.24, 2.45) is 29.1 Å². The Bertz CT molecular complexity index is 1320. The molecule has 5 saturated carbocycles. The summed E-state index contributed by atoms with van der Waals surface area (Å²) in [5, 5.41) is 30.5. The standard InChI is InChI=1S/C32H41F3N6O2/c1-30(42)8-6-20(7-9-30)16-37-27-23-10-21-11-24(27)14-31(12-21,13-23)19-40-28-25(15-36)18-39-29(41-28)38-17-22-4-2-3-5-26(22)43-32(33,34)35/h2-5,18,20-21,23-24,27,37,42H,6-14,16-17,19H2,1H3,(H2,38,39,40,41)/t20-,21?,23-,24+,27-,30+,31-. The van der Waals surface area contributed by atoms with Crippen molar-refractivity contribution in [3.8, 4) is 11.8 Å². The van der Waals surface area contributed by atoms with Crippen molar-refractivity contribution in [3.63, 3.8) is 0 Å². The van der Waals surface area contributed by atoms with Crippen LogP contribution in [0, 0.1) is 40.4 Å². The molecule has 0 spiro atoms. The zero-order chi connectivity index (χ0) is 30.2. The minimum absolute atomic E-state index is 0.0289. The Balaban J connectivity index is 1.07. The predicted molar refractivity (Wildman–Crippen MR) is 156 cm³/mol. The van der Waals surface area contributed by atoms with Crippen LogP contribution in [-0.4, -0.2) is 46.2 Å². The maximum Gasteiger partial charge on any atom is 0.573 e. The number of aromatic nitrogens is 2. The van der Waals surface area contributed by atoms with Crippen LogP contribution in [0.2, 0.25) is 0 Å². The number of nitrogens with one attached hydrogen (secondary N) is 3. The number of alkyl halides is 3. The van der Waals surface area contributed by atoms with Gasteiger partial charge in [0.15, 0.2) is 0 Å². The molecule has 0 amide bonds. The fourth-order valence-electron chi connectivity index (χ4n) is 8.55. The Hall–Kier alpha value is -3.10. The molecular formula is C32H41F3N6O2. The van der Waals surface area contributed by atoms with Gasteiger partial charge in [0.05, 0.1) is 11.8 Å². The van der Waals surface area contributed by atoms with Crippen LogP contribution in [0.5, 0.6) is 5.75 Å². The molecule has 5 aliphatic rings. The lowest BCUT2D eigenvalue weighted by molar-refractivity contribution is -0.274. The van der Waals surface area contributed by atoms with Crippen LogP contribution in [0.4, 0.5) is 24.9 Å². The van der Waals surface area contributed by atoms with Crippen molar-refractivity contribution >= 4 is 11.8 Å². The van der Waals surface area contributed by atoms with E-state index in [4.69, 9.17) is 0 Å². The van der Waals surface area contributed by atoms with Crippen LogP contribution < -0.4 is 20.7 Å². The van der Waals surface area contributed by atoms with Crippen molar-refractivity contribution in [2.75, 3.05) is 23.7 Å². The van der Waals surface area contributed by atoms with E-state index < -0.39 is 12.0 Å². The number of aliphatic hydroxyl groups is 1. The molecule has 4 N–H and O–H groups in total. The molecule has 1 unspecified atom stereocenters. The molecule has 0 aliphatic heterocycles. The average molecular weight is 599 g/mol. The third-order valence-corrected chi connectivity index (χ3v) is 10.4. The Morgan fingerprint density at radius 1 is 1.09 bits per heavy atom. The van der Waals surface area contributed by atoms with Crippen molar-refractivity contribution in [1.82, 2.24) is 15.3 Å². The number of hydrogen-bond donors (Lipinski definition) is 4. The molecule has 5 aliphatic carbocycles. The summed E-state index contributed by atoms with van der Waals surface area (Å²) < 4.78 is 42.6. The Labute approximate surface area is 250 Å². The first kappa shape index (κ1) is 29.9. The summed E-state index contributed by atoms with van der Waals surface area (Å²) in [5.41, 5.74) is 0.315. The second-order valence-electron chi connectivity index (χ2n) is 13.8. The summed E-state index contributed by atoms with van der Waals surface area (Å²) in [5.74, 6) is 3.06. The molecule has 7 rings (SSSR count). The van der Waals surface area contributed by atoms with Gasteiger partial charge in [0.25, 0.3) is 0 Å². The Morgan fingerprint density at radius 2 is 1.81 bits per heavy atom. The molecule has 0 radical (unpaired) electrons. The third kappa shape index (κ3) is 7.01. The zero-order valence-electron chi connectivity index (χ0n) is 24.6. The number of halogens is 3. The summed E-state index contributed by atoms with van der Waals surface area (Å²) in [6.07, 6.45) is 6.65. The van der Waals surface area contributed by atoms with Crippen molar-refractivity contribution < 1.29 is 23.0 Å². The summed E-state index contributed by atoms with van der Waals surface area (Å²) in [6.45, 7) is 3.76. The number of nitrogens with zero attached hydrogens (tertiary/aromatic N) is 3. The SMILES string of the molecule is C[C@]1(O)CC[C@@H](CN[C@@H]2[C@@H]3CC4C[C@H]2C[C@@](CNc2nc(NCc5ccccc5OC(F)(F)F)ncc2C#N)(C4)C3)CC1. The minimum Gasteiger partial charge on any atom is -0.405 e. The average Bonchev–Trinajstić information content (AvgIpc) is 2.95. The largest absolute Gasteiger partial charge is 0.573 e. The molecule has 11 heteroatoms. The minimum atomic E-state index is -4.79. The topological polar surface area (TPSA) is 115 Å². The van der Waals surface area contributed by atoms with E-state index >= 15 is 0 Å². The van der Waals surface area contributed by atoms with E-state index in [0.717, 1.165) is 57.5 Å². The molecule has 5 fully saturated rings. The van der Waals surface area contributed by atoms with Crippen molar-refractivity contribution in [3.05, 3.63) is 41.6 Å². The summed E-state index contributed by atoms with van der Waals surface area (Å²) in [6, 6.07) is 8.66. The summed E-state index contributed by atoms with van der Waals surface area (Å²) in [7, 11) is 0. The van der Waals surface area contributed by atoms with Crippen LogP contribution in [-0.2, 0) is 6.54 Å². The van der Waals surface area contributed by atoms with E-state index in [1.165, 1.54) is 37.6 Å². The van der Waals surface area contributed by atoms with Gasteiger partial charge in [0, 0.05) is 24.7 Å². The van der Waals surface area contributed by atoms with Crippen molar-refractivity contribution in [2.45, 2.75) is 89.3 Å². The van der Waals surface area contributed by atoms with E-state index in [0.29, 0.717) is 40.7 Å². The lowest BCUT2D eigenvalue weighted by atomic mass is 9.48. The highest BCUT2D eigenvalue weighted by Gasteiger charge is 2.55. The van der Waals surface area contributed by atoms with E-state index in [9.17, 15) is 23.5 Å². The predicted octanol–water partition coefficient (Wildman–Crippen LogP) is 6.00. The quantitative estimate of drug-likeness (QED) is 0.264. The van der Waals surface area contributed by atoms with Gasteiger partial charge in [-0.15, -0.1) is 13.2 Å². The van der Waals surface area contributed by atoms with Gasteiger partial charge in [-0.05, 0) is 106 Å². The zero-order valence-corrected chi connectivity index (χ0v) is 24.6. The van der Waals surface area contributed by atoms with E-state index in [1.807, 2.05) is 6.92 Å². The second-order valence-corrected chi connectivity index (χ2v) is 13.8. The highest BCUT2D eigenvalue weighted by atomic mass is 19.4. The molecule has 232 valence electrons. The summed E-state index contributed by atoms with van der Waals surface area (Å²) >= 11 is 0. The fourth-order valence-corrected chi connectivity index (χ4v) is 8.55. The molecule has 1 aromatic carbocycles. The van der Waals surface area contributed by atoms with Gasteiger partial charge in [-0.2, -0.15) is 10.2 Å². The highest BCUT2D eigenvalue weighted by molar-refractivity contribution is 5.53. The molecule has 2 aromatic rings. The molecule has 0 saturated heterocycles. The molecule has 1 aromatic heterocycles. The number of para-hydroxylation sites is 1. The summed E-state index contributed by atoms with van der Waals surface area (Å²) in [4.78, 5) is 8.75. The molecule has 8 nitrogen and oxygen atoms in total. The van der Waals surface area contributed by atoms with Gasteiger partial charge in [-0.1, -0.05) is 18.2 Å². The molecule has 4 bridgehead atoms. The maximum atomic E-state index is 12.8. The van der Waals surface area contributed by atoms with Gasteiger partial charge in [0.1, 0.15) is 23.2 Å². The number of rotatable bonds is 10. The van der Waals surface area contributed by atoms with Gasteiger partial charge in [0.2, 0.25) is 5.95 Å². The molecule has 43 heavy (non-hydrogen) atoms. The van der Waals surface area contributed by atoms with Crippen LogP contribution in [0.15, 0.2) is 30.5 Å². The lowest BCUT2D eigenvalue weighted by Gasteiger charge is -2.60. The lowest BCUT2D eigenvalue weighted by Crippen LogP contribution is -2.60. The van der Waals surface area contributed by atoms with Gasteiger partial charge in [-0.25, -0.2) is 4.98 Å². The normalized spacial score (nSPS) is 33.2. The first-order valence-corrected chi connectivity index (χ1v) is 15.5. The maximum absolute atomic E-state index is 12.8. The Morgan fingerprint density at radius 3 is 2.51 bits per heavy atom. The molecule has 1 heterocycles. The van der Waals surface area contributed by atoms with E-state index in [-0.39, 0.29) is 23.7 Å². The van der Waals surface area contributed by atoms with E-state index in [1.54, 1.807) is 12.1 Å². The second kappa shape index (κ2) is 11.8. The number of nitriles is 1. The first-order chi connectivity index (χ1) is 20.5. The van der Waals surface area contributed by atoms with Crippen LogP contribution >= 0.6 is 0 Å². The van der Waals surface area contributed by atoms with Crippen molar-refractivity contribution in [1.29, 1.82) is 5.26 Å².